The number of unbranched alkanes of at least 4 members (excludes halogenated alkanes) is 3. The van der Waals surface area contributed by atoms with Gasteiger partial charge in [-0.05, 0) is 71.5 Å². The molecule has 0 aromatic heterocycles. The van der Waals surface area contributed by atoms with Gasteiger partial charge in [0.05, 0.1) is 12.2 Å². The van der Waals surface area contributed by atoms with Crippen LogP contribution in [0, 0.1) is 0 Å². The Morgan fingerprint density at radius 2 is 1.53 bits per heavy atom. The van der Waals surface area contributed by atoms with Gasteiger partial charge < -0.3 is 14.9 Å². The second kappa shape index (κ2) is 11.4. The third kappa shape index (κ3) is 5.59. The summed E-state index contributed by atoms with van der Waals surface area (Å²) >= 11 is 0. The summed E-state index contributed by atoms with van der Waals surface area (Å²) in [6.07, 6.45) is 5.67. The lowest BCUT2D eigenvalue weighted by Crippen LogP contribution is -2.51. The summed E-state index contributed by atoms with van der Waals surface area (Å²) in [5.74, 6) is -2.52. The van der Waals surface area contributed by atoms with Gasteiger partial charge in [0, 0.05) is 11.6 Å². The molecule has 0 heterocycles. The summed E-state index contributed by atoms with van der Waals surface area (Å²) in [4.78, 5) is 14.9. The molecule has 0 radical (unpaired) electrons. The van der Waals surface area contributed by atoms with Crippen LogP contribution in [-0.2, 0) is 5.91 Å². The van der Waals surface area contributed by atoms with E-state index in [4.69, 9.17) is 4.74 Å². The number of aliphatic hydroxyl groups is 2. The van der Waals surface area contributed by atoms with Gasteiger partial charge in [0.1, 0.15) is 5.75 Å². The molecule has 5 nitrogen and oxygen atoms in total. The van der Waals surface area contributed by atoms with Gasteiger partial charge in [0.25, 0.3) is 11.8 Å². The SMILES string of the molecule is CCCCCCOc1ccccc1C(O)(O)N(C(=O)c1ccc(-c2ccc3ccccc3c2)cc1)C1CC1. The zero-order valence-corrected chi connectivity index (χ0v) is 21.8. The molecular formula is C33H35NO4. The highest BCUT2D eigenvalue weighted by Gasteiger charge is 2.48. The molecule has 1 saturated carbocycles. The van der Waals surface area contributed by atoms with Gasteiger partial charge >= 0.3 is 0 Å². The number of para-hydroxylation sites is 1. The Labute approximate surface area is 224 Å². The van der Waals surface area contributed by atoms with E-state index in [0.717, 1.165) is 55.0 Å². The summed E-state index contributed by atoms with van der Waals surface area (Å²) in [6, 6.07) is 28.5. The monoisotopic (exact) mass is 509 g/mol. The maximum atomic E-state index is 13.7. The first-order chi connectivity index (χ1) is 18.5. The molecule has 1 aliphatic carbocycles. The van der Waals surface area contributed by atoms with Crippen LogP contribution in [0.5, 0.6) is 5.75 Å². The minimum Gasteiger partial charge on any atom is -0.493 e. The fourth-order valence-electron chi connectivity index (χ4n) is 4.92. The lowest BCUT2D eigenvalue weighted by molar-refractivity contribution is -0.259. The van der Waals surface area contributed by atoms with Gasteiger partial charge in [-0.1, -0.05) is 86.8 Å². The van der Waals surface area contributed by atoms with E-state index in [1.165, 1.54) is 10.3 Å². The van der Waals surface area contributed by atoms with Crippen LogP contribution in [0.2, 0.25) is 0 Å². The third-order valence-corrected chi connectivity index (χ3v) is 7.19. The van der Waals surface area contributed by atoms with Crippen LogP contribution in [0.3, 0.4) is 0 Å². The van der Waals surface area contributed by atoms with E-state index in [0.29, 0.717) is 17.9 Å². The summed E-state index contributed by atoms with van der Waals surface area (Å²) in [6.45, 7) is 2.64. The summed E-state index contributed by atoms with van der Waals surface area (Å²) < 4.78 is 5.94. The predicted octanol–water partition coefficient (Wildman–Crippen LogP) is 6.87. The van der Waals surface area contributed by atoms with Crippen molar-refractivity contribution in [3.63, 3.8) is 0 Å². The summed E-state index contributed by atoms with van der Waals surface area (Å²) in [7, 11) is 0. The van der Waals surface area contributed by atoms with Crippen LogP contribution in [-0.4, -0.2) is 33.7 Å². The Balaban J connectivity index is 1.37. The number of rotatable bonds is 11. The lowest BCUT2D eigenvalue weighted by atomic mass is 10.00. The Hall–Kier alpha value is -3.67. The molecule has 0 aliphatic heterocycles. The average molecular weight is 510 g/mol. The van der Waals surface area contributed by atoms with Crippen molar-refractivity contribution in [1.82, 2.24) is 4.90 Å². The number of amides is 1. The Kier molecular flexibility index (Phi) is 7.77. The van der Waals surface area contributed by atoms with Crippen molar-refractivity contribution in [2.45, 2.75) is 57.4 Å². The molecule has 0 unspecified atom stereocenters. The van der Waals surface area contributed by atoms with Crippen LogP contribution >= 0.6 is 0 Å². The quantitative estimate of drug-likeness (QED) is 0.171. The van der Waals surface area contributed by atoms with E-state index in [-0.39, 0.29) is 11.6 Å². The first kappa shape index (κ1) is 26.0. The minimum absolute atomic E-state index is 0.184. The van der Waals surface area contributed by atoms with Crippen molar-refractivity contribution >= 4 is 16.7 Å². The highest BCUT2D eigenvalue weighted by atomic mass is 16.5. The van der Waals surface area contributed by atoms with Gasteiger partial charge in [-0.3, -0.25) is 9.69 Å². The van der Waals surface area contributed by atoms with E-state index >= 15 is 0 Å². The van der Waals surface area contributed by atoms with Crippen molar-refractivity contribution in [3.05, 3.63) is 102 Å². The van der Waals surface area contributed by atoms with E-state index < -0.39 is 11.8 Å². The van der Waals surface area contributed by atoms with Crippen molar-refractivity contribution in [2.75, 3.05) is 6.61 Å². The van der Waals surface area contributed by atoms with E-state index in [2.05, 4.69) is 37.3 Å². The highest BCUT2D eigenvalue weighted by Crippen LogP contribution is 2.40. The van der Waals surface area contributed by atoms with Gasteiger partial charge in [-0.15, -0.1) is 0 Å². The van der Waals surface area contributed by atoms with Gasteiger partial charge in [0.2, 0.25) is 0 Å². The molecule has 1 fully saturated rings. The molecule has 196 valence electrons. The maximum absolute atomic E-state index is 13.7. The van der Waals surface area contributed by atoms with Crippen LogP contribution in [0.25, 0.3) is 21.9 Å². The van der Waals surface area contributed by atoms with Gasteiger partial charge in [0.15, 0.2) is 0 Å². The number of carbonyl (C=O) groups is 1. The topological polar surface area (TPSA) is 70.0 Å². The van der Waals surface area contributed by atoms with E-state index in [9.17, 15) is 15.0 Å². The van der Waals surface area contributed by atoms with Crippen LogP contribution in [0.4, 0.5) is 0 Å². The molecule has 0 spiro atoms. The third-order valence-electron chi connectivity index (χ3n) is 7.19. The smallest absolute Gasteiger partial charge is 0.281 e. The van der Waals surface area contributed by atoms with E-state index in [1.807, 2.05) is 24.3 Å². The highest BCUT2D eigenvalue weighted by molar-refractivity contribution is 5.96. The maximum Gasteiger partial charge on any atom is 0.281 e. The molecule has 0 bridgehead atoms. The molecule has 4 aromatic rings. The van der Waals surface area contributed by atoms with Crippen LogP contribution in [0.1, 0.15) is 61.4 Å². The predicted molar refractivity (Wildman–Crippen MR) is 151 cm³/mol. The molecule has 38 heavy (non-hydrogen) atoms. The molecule has 1 aliphatic rings. The molecule has 4 aromatic carbocycles. The van der Waals surface area contributed by atoms with Crippen LogP contribution < -0.4 is 4.74 Å². The fourth-order valence-corrected chi connectivity index (χ4v) is 4.92. The molecule has 5 heteroatoms. The minimum atomic E-state index is -2.49. The average Bonchev–Trinajstić information content (AvgIpc) is 3.78. The standard InChI is InChI=1S/C33H35NO4/c1-2-3-4-9-22-38-31-13-8-7-12-30(31)33(36,37)34(29-20-21-29)32(35)26-17-14-25(15-18-26)28-19-16-24-10-5-6-11-27(24)23-28/h5-8,10-19,23,29,36-37H,2-4,9,20-22H2,1H3. The zero-order valence-electron chi connectivity index (χ0n) is 21.8. The zero-order chi connectivity index (χ0) is 26.5. The number of hydrogen-bond donors (Lipinski definition) is 2. The van der Waals surface area contributed by atoms with Gasteiger partial charge in [-0.25, -0.2) is 0 Å². The van der Waals surface area contributed by atoms with Crippen molar-refractivity contribution in [1.29, 1.82) is 0 Å². The number of nitrogens with zero attached hydrogens (tertiary/aromatic N) is 1. The number of benzene rings is 4. The molecule has 2 N–H and O–H groups in total. The second-order valence-electron chi connectivity index (χ2n) is 10.1. The second-order valence-corrected chi connectivity index (χ2v) is 10.1. The normalized spacial score (nSPS) is 13.4. The molecule has 0 saturated heterocycles. The molecule has 0 atom stereocenters. The Bertz CT molecular complexity index is 1390. The first-order valence-electron chi connectivity index (χ1n) is 13.6. The lowest BCUT2D eigenvalue weighted by Gasteiger charge is -2.36. The van der Waals surface area contributed by atoms with Crippen LogP contribution in [0.15, 0.2) is 91.0 Å². The number of carbonyl (C=O) groups excluding carboxylic acids is 1. The number of hydrogen-bond acceptors (Lipinski definition) is 4. The van der Waals surface area contributed by atoms with E-state index in [1.54, 1.807) is 36.4 Å². The summed E-state index contributed by atoms with van der Waals surface area (Å²) in [5.41, 5.74) is 2.65. The first-order valence-corrected chi connectivity index (χ1v) is 13.6. The van der Waals surface area contributed by atoms with Crippen molar-refractivity contribution < 1.29 is 19.7 Å². The fraction of sp³-hybridized carbons (Fsp3) is 0.303. The van der Waals surface area contributed by atoms with Crippen molar-refractivity contribution in [2.24, 2.45) is 0 Å². The Morgan fingerprint density at radius 1 is 0.842 bits per heavy atom. The van der Waals surface area contributed by atoms with Gasteiger partial charge in [-0.2, -0.15) is 0 Å². The molecular weight excluding hydrogens is 474 g/mol. The molecule has 1 amide bonds. The summed E-state index contributed by atoms with van der Waals surface area (Å²) in [5, 5.41) is 25.2. The van der Waals surface area contributed by atoms with Crippen molar-refractivity contribution in [3.8, 4) is 16.9 Å². The number of fused-ring (bicyclic) bond motifs is 1. The number of ether oxygens (including phenoxy) is 1. The molecule has 5 rings (SSSR count). The largest absolute Gasteiger partial charge is 0.493 e. The Morgan fingerprint density at radius 3 is 2.26 bits per heavy atom.